The van der Waals surface area contributed by atoms with Gasteiger partial charge in [0.2, 0.25) is 12.7 Å². The molecule has 0 saturated carbocycles. The fourth-order valence-corrected chi connectivity index (χ4v) is 3.96. The van der Waals surface area contributed by atoms with E-state index in [2.05, 4.69) is 15.5 Å². The lowest BCUT2D eigenvalue weighted by Crippen LogP contribution is -2.18. The molecule has 0 bridgehead atoms. The molecule has 0 spiro atoms. The third kappa shape index (κ3) is 3.80. The summed E-state index contributed by atoms with van der Waals surface area (Å²) in [4.78, 5) is 17.4. The Morgan fingerprint density at radius 1 is 0.912 bits per heavy atom. The summed E-state index contributed by atoms with van der Waals surface area (Å²) in [6.07, 6.45) is 0. The summed E-state index contributed by atoms with van der Waals surface area (Å²) in [6, 6.07) is 22.7. The van der Waals surface area contributed by atoms with Gasteiger partial charge in [0, 0.05) is 22.4 Å². The minimum atomic E-state index is -0.263. The number of amides is 1. The number of rotatable bonds is 6. The summed E-state index contributed by atoms with van der Waals surface area (Å²) in [5.41, 5.74) is 3.76. The zero-order valence-corrected chi connectivity index (χ0v) is 18.0. The van der Waals surface area contributed by atoms with E-state index in [-0.39, 0.29) is 25.9 Å². The minimum absolute atomic E-state index is 0.128. The molecule has 0 saturated heterocycles. The molecule has 0 fully saturated rings. The average Bonchev–Trinajstić information content (AvgIpc) is 3.53. The van der Waals surface area contributed by atoms with Crippen molar-refractivity contribution in [1.29, 1.82) is 0 Å². The van der Waals surface area contributed by atoms with Crippen molar-refractivity contribution in [3.05, 3.63) is 78.5 Å². The summed E-state index contributed by atoms with van der Waals surface area (Å²) in [5.74, 6) is 1.68. The highest BCUT2D eigenvalue weighted by Crippen LogP contribution is 2.36. The Kier molecular flexibility index (Phi) is 5.04. The number of nitrogens with zero attached hydrogens (tertiary/aromatic N) is 2. The van der Waals surface area contributed by atoms with Crippen molar-refractivity contribution in [2.24, 2.45) is 0 Å². The van der Waals surface area contributed by atoms with Crippen molar-refractivity contribution < 1.29 is 23.5 Å². The van der Waals surface area contributed by atoms with Crippen molar-refractivity contribution >= 4 is 33.4 Å². The second-order valence-electron chi connectivity index (χ2n) is 7.81. The van der Waals surface area contributed by atoms with Gasteiger partial charge < -0.3 is 24.1 Å². The van der Waals surface area contributed by atoms with Gasteiger partial charge in [-0.3, -0.25) is 4.79 Å². The first kappa shape index (κ1) is 20.2. The molecular formula is C26H19N3O5. The molecule has 1 aliphatic rings. The molecule has 3 aromatic carbocycles. The highest BCUT2D eigenvalue weighted by Gasteiger charge is 2.16. The van der Waals surface area contributed by atoms with Crippen molar-refractivity contribution in [3.8, 4) is 22.8 Å². The molecule has 0 atom stereocenters. The van der Waals surface area contributed by atoms with Gasteiger partial charge in [0.1, 0.15) is 12.3 Å². The molecule has 0 aliphatic carbocycles. The van der Waals surface area contributed by atoms with Crippen LogP contribution < -0.4 is 14.8 Å². The van der Waals surface area contributed by atoms with Crippen molar-refractivity contribution in [2.75, 3.05) is 18.7 Å². The van der Waals surface area contributed by atoms with Gasteiger partial charge in [0.15, 0.2) is 17.3 Å². The van der Waals surface area contributed by atoms with E-state index in [1.165, 1.54) is 0 Å². The molecule has 8 nitrogen and oxygen atoms in total. The van der Waals surface area contributed by atoms with E-state index in [1.54, 1.807) is 6.07 Å². The highest BCUT2D eigenvalue weighted by molar-refractivity contribution is 6.12. The van der Waals surface area contributed by atoms with Gasteiger partial charge >= 0.3 is 0 Å². The van der Waals surface area contributed by atoms with E-state index in [4.69, 9.17) is 18.7 Å². The normalized spacial score (nSPS) is 12.4. The van der Waals surface area contributed by atoms with E-state index < -0.39 is 0 Å². The molecular weight excluding hydrogens is 434 g/mol. The van der Waals surface area contributed by atoms with Crippen molar-refractivity contribution in [1.82, 2.24) is 10.1 Å². The number of para-hydroxylation sites is 2. The number of carbonyl (C=O) groups excluding carboxylic acids is 1. The molecule has 8 heteroatoms. The van der Waals surface area contributed by atoms with E-state index >= 15 is 0 Å². The third-order valence-electron chi connectivity index (χ3n) is 5.55. The third-order valence-corrected chi connectivity index (χ3v) is 5.55. The number of aromatic nitrogens is 2. The second kappa shape index (κ2) is 8.49. The second-order valence-corrected chi connectivity index (χ2v) is 7.81. The molecule has 1 N–H and O–H groups in total. The van der Waals surface area contributed by atoms with Crippen LogP contribution in [0.25, 0.3) is 33.1 Å². The molecule has 6 rings (SSSR count). The summed E-state index contributed by atoms with van der Waals surface area (Å²) < 4.78 is 21.8. The lowest BCUT2D eigenvalue weighted by molar-refractivity contribution is -0.121. The molecule has 0 unspecified atom stereocenters. The summed E-state index contributed by atoms with van der Waals surface area (Å²) in [6.45, 7) is 0.220. The minimum Gasteiger partial charge on any atom is -0.454 e. The van der Waals surface area contributed by atoms with Crippen LogP contribution in [0.5, 0.6) is 11.5 Å². The number of hydrogen-bond acceptors (Lipinski definition) is 7. The molecule has 2 aromatic heterocycles. The number of pyridine rings is 1. The zero-order valence-electron chi connectivity index (χ0n) is 18.0. The quantitative estimate of drug-likeness (QED) is 0.364. The van der Waals surface area contributed by atoms with Crippen LogP contribution in [0.2, 0.25) is 0 Å². The average molecular weight is 453 g/mol. The van der Waals surface area contributed by atoms with Gasteiger partial charge in [0.05, 0.1) is 23.3 Å². The maximum absolute atomic E-state index is 12.7. The van der Waals surface area contributed by atoms with Crippen LogP contribution in [0, 0.1) is 0 Å². The number of carbonyl (C=O) groups is 1. The van der Waals surface area contributed by atoms with Crippen LogP contribution >= 0.6 is 0 Å². The van der Waals surface area contributed by atoms with Crippen LogP contribution in [-0.2, 0) is 16.1 Å². The van der Waals surface area contributed by atoms with Gasteiger partial charge in [-0.05, 0) is 30.3 Å². The standard InChI is InChI=1S/C26H19N3O5/c30-25(28-26-18-5-1-3-7-20(18)27-21-8-4-2-6-19(21)26)14-31-13-17-12-23(34-29-17)16-9-10-22-24(11-16)33-15-32-22/h1-12H,13-15H2,(H,27,28,30). The Morgan fingerprint density at radius 2 is 1.65 bits per heavy atom. The van der Waals surface area contributed by atoms with Crippen LogP contribution in [0.4, 0.5) is 5.69 Å². The summed E-state index contributed by atoms with van der Waals surface area (Å²) in [7, 11) is 0. The predicted octanol–water partition coefficient (Wildman–Crippen LogP) is 4.93. The van der Waals surface area contributed by atoms with Crippen molar-refractivity contribution in [3.63, 3.8) is 0 Å². The maximum atomic E-state index is 12.7. The van der Waals surface area contributed by atoms with Crippen LogP contribution in [0.15, 0.2) is 77.3 Å². The van der Waals surface area contributed by atoms with Gasteiger partial charge in [-0.25, -0.2) is 4.98 Å². The smallest absolute Gasteiger partial charge is 0.250 e. The Morgan fingerprint density at radius 3 is 2.44 bits per heavy atom. The number of ether oxygens (including phenoxy) is 3. The molecule has 0 radical (unpaired) electrons. The largest absolute Gasteiger partial charge is 0.454 e. The number of benzene rings is 3. The van der Waals surface area contributed by atoms with Crippen LogP contribution in [-0.4, -0.2) is 29.4 Å². The molecule has 1 amide bonds. The first-order chi connectivity index (χ1) is 16.7. The Bertz CT molecular complexity index is 1470. The monoisotopic (exact) mass is 453 g/mol. The Labute approximate surface area is 194 Å². The predicted molar refractivity (Wildman–Crippen MR) is 126 cm³/mol. The van der Waals surface area contributed by atoms with Gasteiger partial charge in [-0.2, -0.15) is 0 Å². The highest BCUT2D eigenvalue weighted by atomic mass is 16.7. The van der Waals surface area contributed by atoms with E-state index in [0.29, 0.717) is 23.0 Å². The van der Waals surface area contributed by atoms with Crippen molar-refractivity contribution in [2.45, 2.75) is 6.61 Å². The summed E-state index contributed by atoms with van der Waals surface area (Å²) in [5, 5.41) is 8.78. The SMILES string of the molecule is O=C(COCc1cc(-c2ccc3c(c2)OCO3)on1)Nc1c2ccccc2nc2ccccc12. The van der Waals surface area contributed by atoms with Crippen LogP contribution in [0.1, 0.15) is 5.69 Å². The lowest BCUT2D eigenvalue weighted by atomic mass is 10.1. The van der Waals surface area contributed by atoms with Gasteiger partial charge in [-0.1, -0.05) is 41.6 Å². The number of nitrogens with one attached hydrogen (secondary N) is 1. The zero-order chi connectivity index (χ0) is 22.9. The molecule has 34 heavy (non-hydrogen) atoms. The van der Waals surface area contributed by atoms with E-state index in [9.17, 15) is 4.79 Å². The number of fused-ring (bicyclic) bond motifs is 3. The topological polar surface area (TPSA) is 95.7 Å². The summed E-state index contributed by atoms with van der Waals surface area (Å²) >= 11 is 0. The number of hydrogen-bond donors (Lipinski definition) is 1. The maximum Gasteiger partial charge on any atom is 0.250 e. The van der Waals surface area contributed by atoms with Gasteiger partial charge in [0.25, 0.3) is 0 Å². The fraction of sp³-hybridized carbons (Fsp3) is 0.115. The van der Waals surface area contributed by atoms with Crippen LogP contribution in [0.3, 0.4) is 0 Å². The molecule has 1 aliphatic heterocycles. The first-order valence-electron chi connectivity index (χ1n) is 10.8. The van der Waals surface area contributed by atoms with Gasteiger partial charge in [-0.15, -0.1) is 0 Å². The fourth-order valence-electron chi connectivity index (χ4n) is 3.96. The molecule has 5 aromatic rings. The lowest BCUT2D eigenvalue weighted by Gasteiger charge is -2.12. The van der Waals surface area contributed by atoms with E-state index in [0.717, 1.165) is 33.1 Å². The first-order valence-corrected chi connectivity index (χ1v) is 10.8. The molecule has 3 heterocycles. The Hall–Kier alpha value is -4.43. The molecule has 168 valence electrons. The van der Waals surface area contributed by atoms with E-state index in [1.807, 2.05) is 66.7 Å². The number of anilines is 1. The Balaban J connectivity index is 1.13.